The van der Waals surface area contributed by atoms with Crippen LogP contribution in [0.4, 0.5) is 19.0 Å². The quantitative estimate of drug-likeness (QED) is 0.471. The number of nitrogens with zero attached hydrogens (tertiary/aromatic N) is 5. The number of carbonyl (C=O) groups excluding carboxylic acids is 1. The third kappa shape index (κ3) is 4.76. The van der Waals surface area contributed by atoms with E-state index >= 15 is 0 Å². The summed E-state index contributed by atoms with van der Waals surface area (Å²) in [6.07, 6.45) is 1.52. The summed E-state index contributed by atoms with van der Waals surface area (Å²) in [5.74, 6) is -1.29. The second kappa shape index (κ2) is 10.4. The van der Waals surface area contributed by atoms with Gasteiger partial charge in [-0.25, -0.2) is 23.1 Å². The molecule has 1 N–H and O–H groups in total. The Morgan fingerprint density at radius 2 is 1.97 bits per heavy atom. The lowest BCUT2D eigenvalue weighted by Gasteiger charge is -2.20. The summed E-state index contributed by atoms with van der Waals surface area (Å²) in [7, 11) is 1.48. The molecule has 0 unspecified atom stereocenters. The molecule has 1 atom stereocenters. The molecule has 0 aliphatic carbocycles. The minimum absolute atomic E-state index is 0.0230. The summed E-state index contributed by atoms with van der Waals surface area (Å²) >= 11 is 0. The molecule has 0 saturated carbocycles. The van der Waals surface area contributed by atoms with Gasteiger partial charge in [0.25, 0.3) is 17.9 Å². The number of anilines is 1. The number of rotatable bonds is 7. The van der Waals surface area contributed by atoms with E-state index in [9.17, 15) is 22.8 Å². The van der Waals surface area contributed by atoms with E-state index in [1.807, 2.05) is 0 Å². The predicted octanol–water partition coefficient (Wildman–Crippen LogP) is 4.56. The number of amides is 1. The highest BCUT2D eigenvalue weighted by Crippen LogP contribution is 2.30. The average molecular weight is 511 g/mol. The molecule has 0 saturated heterocycles. The third-order valence-corrected chi connectivity index (χ3v) is 6.24. The van der Waals surface area contributed by atoms with Crippen LogP contribution in [0, 0.1) is 5.82 Å². The van der Waals surface area contributed by atoms with Gasteiger partial charge in [-0.2, -0.15) is 0 Å². The molecular formula is C26H25F3N6O2. The number of halogens is 3. The van der Waals surface area contributed by atoms with Crippen LogP contribution >= 0.6 is 0 Å². The van der Waals surface area contributed by atoms with Gasteiger partial charge in [-0.3, -0.25) is 19.1 Å². The van der Waals surface area contributed by atoms with Gasteiger partial charge in [0.1, 0.15) is 29.2 Å². The van der Waals surface area contributed by atoms with E-state index in [1.165, 1.54) is 41.0 Å². The first-order valence-electron chi connectivity index (χ1n) is 11.5. The van der Waals surface area contributed by atoms with E-state index in [4.69, 9.17) is 0 Å². The highest BCUT2D eigenvalue weighted by atomic mass is 19.3. The minimum Gasteiger partial charge on any atom is -0.363 e. The fourth-order valence-electron chi connectivity index (χ4n) is 4.30. The van der Waals surface area contributed by atoms with Gasteiger partial charge >= 0.3 is 0 Å². The zero-order valence-corrected chi connectivity index (χ0v) is 20.5. The topological polar surface area (TPSA) is 92.5 Å². The van der Waals surface area contributed by atoms with Gasteiger partial charge < -0.3 is 10.2 Å². The number of carbonyl (C=O) groups is 1. The Kier molecular flexibility index (Phi) is 7.23. The molecule has 3 aromatic rings. The Labute approximate surface area is 210 Å². The molecule has 0 fully saturated rings. The van der Waals surface area contributed by atoms with Crippen molar-refractivity contribution in [2.75, 3.05) is 18.4 Å². The van der Waals surface area contributed by atoms with Crippen LogP contribution in [0.1, 0.15) is 47.8 Å². The summed E-state index contributed by atoms with van der Waals surface area (Å²) in [5.41, 5.74) is 0.409. The highest BCUT2D eigenvalue weighted by molar-refractivity contribution is 5.99. The Bertz CT molecular complexity index is 1510. The number of aromatic nitrogens is 3. The van der Waals surface area contributed by atoms with Gasteiger partial charge in [0.05, 0.1) is 29.2 Å². The van der Waals surface area contributed by atoms with Gasteiger partial charge in [-0.15, -0.1) is 0 Å². The number of hydrogen-bond donors (Lipinski definition) is 1. The van der Waals surface area contributed by atoms with Gasteiger partial charge in [0.2, 0.25) is 0 Å². The number of benzene rings is 1. The fourth-order valence-corrected chi connectivity index (χ4v) is 4.30. The average Bonchev–Trinajstić information content (AvgIpc) is 3.29. The van der Waals surface area contributed by atoms with Gasteiger partial charge in [0.15, 0.2) is 0 Å². The van der Waals surface area contributed by atoms with Gasteiger partial charge in [0, 0.05) is 25.4 Å². The fraction of sp³-hybridized carbons (Fsp3) is 0.269. The van der Waals surface area contributed by atoms with Crippen LogP contribution in [0.5, 0.6) is 0 Å². The van der Waals surface area contributed by atoms with Crippen molar-refractivity contribution in [3.63, 3.8) is 0 Å². The largest absolute Gasteiger partial charge is 0.363 e. The third-order valence-electron chi connectivity index (χ3n) is 6.24. The lowest BCUT2D eigenvalue weighted by molar-refractivity contribution is 0.0794. The maximum absolute atomic E-state index is 14.7. The van der Waals surface area contributed by atoms with Crippen molar-refractivity contribution in [1.29, 1.82) is 0 Å². The van der Waals surface area contributed by atoms with E-state index in [0.717, 1.165) is 11.6 Å². The number of pyridine rings is 1. The molecule has 0 spiro atoms. The molecule has 37 heavy (non-hydrogen) atoms. The van der Waals surface area contributed by atoms with Crippen LogP contribution in [-0.4, -0.2) is 44.6 Å². The molecular weight excluding hydrogens is 485 g/mol. The number of aryl methyl sites for hydroxylation is 1. The van der Waals surface area contributed by atoms with Crippen LogP contribution in [0.15, 0.2) is 64.3 Å². The van der Waals surface area contributed by atoms with Crippen LogP contribution < -0.4 is 10.9 Å². The molecule has 1 amide bonds. The Morgan fingerprint density at radius 1 is 1.24 bits per heavy atom. The Hall–Kier alpha value is -4.28. The zero-order valence-electron chi connectivity index (χ0n) is 20.5. The molecule has 3 heterocycles. The summed E-state index contributed by atoms with van der Waals surface area (Å²) < 4.78 is 42.3. The van der Waals surface area contributed by atoms with Crippen LogP contribution in [-0.2, 0) is 7.05 Å². The zero-order chi connectivity index (χ0) is 26.9. The summed E-state index contributed by atoms with van der Waals surface area (Å²) in [5, 5.41) is 3.35. The highest BCUT2D eigenvalue weighted by Gasteiger charge is 2.28. The minimum atomic E-state index is -2.96. The van der Waals surface area contributed by atoms with Crippen molar-refractivity contribution in [2.45, 2.75) is 26.3 Å². The second-order valence-corrected chi connectivity index (χ2v) is 8.52. The number of alkyl halides is 2. The number of fused-ring (bicyclic) bond motifs is 1. The van der Waals surface area contributed by atoms with Crippen molar-refractivity contribution in [1.82, 2.24) is 19.4 Å². The molecule has 1 aliphatic heterocycles. The summed E-state index contributed by atoms with van der Waals surface area (Å²) in [6.45, 7) is 7.61. The van der Waals surface area contributed by atoms with Crippen molar-refractivity contribution in [3.8, 4) is 0 Å². The Balaban J connectivity index is 1.73. The summed E-state index contributed by atoms with van der Waals surface area (Å²) in [6, 6.07) is 4.43. The molecule has 0 bridgehead atoms. The lowest BCUT2D eigenvalue weighted by Crippen LogP contribution is -2.35. The molecule has 1 aliphatic rings. The first kappa shape index (κ1) is 25.8. The molecule has 11 heteroatoms. The molecule has 0 radical (unpaired) electrons. The monoisotopic (exact) mass is 510 g/mol. The molecule has 2 aromatic heterocycles. The normalized spacial score (nSPS) is 14.7. The Morgan fingerprint density at radius 3 is 2.65 bits per heavy atom. The molecule has 192 valence electrons. The SMILES string of the molecule is C=CC1=C(/N=C\C)CN(C(=O)c2cc3c(N[C@H](C)c4cccc(C(F)F)c4F)ncnc3n(C)c2=O)C1. The number of hydrogen-bond acceptors (Lipinski definition) is 6. The van der Waals surface area contributed by atoms with Crippen molar-refractivity contribution < 1.29 is 18.0 Å². The standard InChI is InChI=1S/C26H25F3N6O2/c1-5-15-11-35(12-20(15)30-6-2)26(37)19-10-18-23(31-13-32-24(18)34(4)25(19)36)33-14(3)16-8-7-9-17(21(16)27)22(28)29/h5-10,13-14,22H,1,11-12H2,2-4H3,(H,31,32,33)/b30-6-/t14-/m1/s1. The molecule has 1 aromatic carbocycles. The number of aliphatic imine (C=N–C) groups is 1. The van der Waals surface area contributed by atoms with Crippen LogP contribution in [0.25, 0.3) is 11.0 Å². The van der Waals surface area contributed by atoms with E-state index in [1.54, 1.807) is 26.1 Å². The van der Waals surface area contributed by atoms with Crippen molar-refractivity contribution in [3.05, 3.63) is 87.4 Å². The van der Waals surface area contributed by atoms with Gasteiger partial charge in [-0.1, -0.05) is 30.9 Å². The van der Waals surface area contributed by atoms with Gasteiger partial charge in [-0.05, 0) is 25.5 Å². The van der Waals surface area contributed by atoms with Crippen LogP contribution in [0.3, 0.4) is 0 Å². The first-order valence-corrected chi connectivity index (χ1v) is 11.5. The smallest absolute Gasteiger partial charge is 0.266 e. The van der Waals surface area contributed by atoms with E-state index in [0.29, 0.717) is 11.1 Å². The molecule has 4 rings (SSSR count). The van der Waals surface area contributed by atoms with E-state index in [2.05, 4.69) is 26.9 Å². The first-order chi connectivity index (χ1) is 17.7. The lowest BCUT2D eigenvalue weighted by atomic mass is 10.0. The molecule has 8 nitrogen and oxygen atoms in total. The van der Waals surface area contributed by atoms with E-state index in [-0.39, 0.29) is 35.7 Å². The predicted molar refractivity (Wildman–Crippen MR) is 135 cm³/mol. The maximum Gasteiger partial charge on any atom is 0.266 e. The summed E-state index contributed by atoms with van der Waals surface area (Å²) in [4.78, 5) is 40.7. The second-order valence-electron chi connectivity index (χ2n) is 8.52. The van der Waals surface area contributed by atoms with Crippen LogP contribution in [0.2, 0.25) is 0 Å². The van der Waals surface area contributed by atoms with Crippen molar-refractivity contribution in [2.24, 2.45) is 12.0 Å². The van der Waals surface area contributed by atoms with E-state index < -0.39 is 35.3 Å². The maximum atomic E-state index is 14.7. The number of nitrogens with one attached hydrogen (secondary N) is 1. The van der Waals surface area contributed by atoms with Crippen molar-refractivity contribution >= 4 is 29.0 Å².